The van der Waals surface area contributed by atoms with Gasteiger partial charge in [-0.05, 0) is 23.8 Å². The van der Waals surface area contributed by atoms with Crippen LogP contribution in [0.2, 0.25) is 5.02 Å². The molecule has 1 aromatic carbocycles. The molecule has 108 valence electrons. The second kappa shape index (κ2) is 6.82. The molecule has 0 atom stereocenters. The van der Waals surface area contributed by atoms with Crippen molar-refractivity contribution in [2.75, 3.05) is 11.9 Å². The van der Waals surface area contributed by atoms with E-state index in [4.69, 9.17) is 16.0 Å². The van der Waals surface area contributed by atoms with Crippen LogP contribution in [0.1, 0.15) is 25.0 Å². The second-order valence-electron chi connectivity index (χ2n) is 5.30. The largest absolute Gasteiger partial charge is 0.472 e. The van der Waals surface area contributed by atoms with E-state index in [1.807, 2.05) is 19.2 Å². The van der Waals surface area contributed by atoms with Crippen molar-refractivity contribution in [2.24, 2.45) is 0 Å². The maximum atomic E-state index is 6.35. The molecule has 0 aliphatic rings. The molecule has 4 heteroatoms. The van der Waals surface area contributed by atoms with Crippen molar-refractivity contribution < 1.29 is 4.42 Å². The second-order valence-corrected chi connectivity index (χ2v) is 5.71. The van der Waals surface area contributed by atoms with Crippen LogP contribution in [0.4, 0.5) is 5.69 Å². The first kappa shape index (κ1) is 14.9. The van der Waals surface area contributed by atoms with E-state index in [0.29, 0.717) is 6.04 Å². The third-order valence-corrected chi connectivity index (χ3v) is 3.53. The van der Waals surface area contributed by atoms with E-state index in [1.165, 1.54) is 0 Å². The molecule has 20 heavy (non-hydrogen) atoms. The van der Waals surface area contributed by atoms with Crippen molar-refractivity contribution in [3.63, 3.8) is 0 Å². The summed E-state index contributed by atoms with van der Waals surface area (Å²) in [6.07, 6.45) is 3.45. The van der Waals surface area contributed by atoms with Crippen LogP contribution in [0.5, 0.6) is 0 Å². The quantitative estimate of drug-likeness (QED) is 0.870. The molecular formula is C16H21ClN2O. The Morgan fingerprint density at radius 2 is 2.10 bits per heavy atom. The monoisotopic (exact) mass is 292 g/mol. The van der Waals surface area contributed by atoms with E-state index < -0.39 is 0 Å². The number of hydrogen-bond acceptors (Lipinski definition) is 3. The molecule has 0 aliphatic carbocycles. The lowest BCUT2D eigenvalue weighted by atomic mass is 10.1. The molecular weight excluding hydrogens is 272 g/mol. The van der Waals surface area contributed by atoms with Gasteiger partial charge in [0.05, 0.1) is 12.5 Å². The van der Waals surface area contributed by atoms with Crippen molar-refractivity contribution in [1.82, 2.24) is 5.32 Å². The summed E-state index contributed by atoms with van der Waals surface area (Å²) < 4.78 is 5.09. The zero-order chi connectivity index (χ0) is 14.5. The Labute approximate surface area is 125 Å². The first-order valence-electron chi connectivity index (χ1n) is 6.80. The molecule has 0 radical (unpaired) electrons. The summed E-state index contributed by atoms with van der Waals surface area (Å²) in [5.41, 5.74) is 3.37. The average molecular weight is 293 g/mol. The number of halogens is 1. The molecule has 0 saturated carbocycles. The van der Waals surface area contributed by atoms with Crippen molar-refractivity contribution in [2.45, 2.75) is 33.0 Å². The van der Waals surface area contributed by atoms with Gasteiger partial charge in [0.1, 0.15) is 0 Å². The van der Waals surface area contributed by atoms with Gasteiger partial charge in [-0.2, -0.15) is 0 Å². The summed E-state index contributed by atoms with van der Waals surface area (Å²) in [5.74, 6) is 0. The number of furan rings is 1. The van der Waals surface area contributed by atoms with Crippen LogP contribution in [0.15, 0.2) is 41.2 Å². The molecule has 3 nitrogen and oxygen atoms in total. The normalized spacial score (nSPS) is 11.1. The molecule has 2 rings (SSSR count). The van der Waals surface area contributed by atoms with Gasteiger partial charge in [-0.1, -0.05) is 31.5 Å². The van der Waals surface area contributed by atoms with Gasteiger partial charge in [-0.15, -0.1) is 0 Å². The number of nitrogens with one attached hydrogen (secondary N) is 1. The zero-order valence-electron chi connectivity index (χ0n) is 12.2. The third kappa shape index (κ3) is 4.02. The van der Waals surface area contributed by atoms with Gasteiger partial charge in [-0.3, -0.25) is 0 Å². The number of nitrogens with zero attached hydrogens (tertiary/aromatic N) is 1. The first-order valence-corrected chi connectivity index (χ1v) is 7.18. The van der Waals surface area contributed by atoms with Crippen molar-refractivity contribution >= 4 is 17.3 Å². The highest BCUT2D eigenvalue weighted by atomic mass is 35.5. The lowest BCUT2D eigenvalue weighted by molar-refractivity contribution is 0.563. The van der Waals surface area contributed by atoms with Crippen LogP contribution in [-0.2, 0) is 13.1 Å². The maximum absolute atomic E-state index is 6.35. The molecule has 1 aromatic heterocycles. The lowest BCUT2D eigenvalue weighted by Crippen LogP contribution is -2.22. The first-order chi connectivity index (χ1) is 9.56. The fourth-order valence-electron chi connectivity index (χ4n) is 1.98. The minimum atomic E-state index is 0.453. The van der Waals surface area contributed by atoms with Gasteiger partial charge in [0, 0.05) is 42.5 Å². The van der Waals surface area contributed by atoms with Gasteiger partial charge in [0.2, 0.25) is 0 Å². The van der Waals surface area contributed by atoms with Crippen LogP contribution in [-0.4, -0.2) is 13.1 Å². The molecule has 0 fully saturated rings. The van der Waals surface area contributed by atoms with E-state index in [-0.39, 0.29) is 0 Å². The molecule has 1 heterocycles. The third-order valence-electron chi connectivity index (χ3n) is 3.18. The standard InChI is InChI=1S/C16H21ClN2O/c1-12(2)18-9-14-4-5-15(8-16(14)17)19(3)10-13-6-7-20-11-13/h4-8,11-12,18H,9-10H2,1-3H3. The minimum Gasteiger partial charge on any atom is -0.472 e. The fraction of sp³-hybridized carbons (Fsp3) is 0.375. The summed E-state index contributed by atoms with van der Waals surface area (Å²) in [5, 5.41) is 4.18. The van der Waals surface area contributed by atoms with Crippen LogP contribution in [0.25, 0.3) is 0 Å². The Morgan fingerprint density at radius 1 is 1.30 bits per heavy atom. The van der Waals surface area contributed by atoms with E-state index in [1.54, 1.807) is 12.5 Å². The van der Waals surface area contributed by atoms with Crippen molar-refractivity contribution in [1.29, 1.82) is 0 Å². The van der Waals surface area contributed by atoms with E-state index in [2.05, 4.69) is 36.2 Å². The molecule has 1 N–H and O–H groups in total. The SMILES string of the molecule is CC(C)NCc1ccc(N(C)Cc2ccoc2)cc1Cl. The fourth-order valence-corrected chi connectivity index (χ4v) is 2.22. The highest BCUT2D eigenvalue weighted by Crippen LogP contribution is 2.24. The van der Waals surface area contributed by atoms with E-state index in [9.17, 15) is 0 Å². The number of benzene rings is 1. The molecule has 0 saturated heterocycles. The maximum Gasteiger partial charge on any atom is 0.0952 e. The Morgan fingerprint density at radius 3 is 2.70 bits per heavy atom. The topological polar surface area (TPSA) is 28.4 Å². The molecule has 0 bridgehead atoms. The van der Waals surface area contributed by atoms with Gasteiger partial charge in [0.25, 0.3) is 0 Å². The molecule has 0 aliphatic heterocycles. The Kier molecular flexibility index (Phi) is 5.10. The van der Waals surface area contributed by atoms with Gasteiger partial charge in [0.15, 0.2) is 0 Å². The summed E-state index contributed by atoms with van der Waals surface area (Å²) in [4.78, 5) is 2.15. The number of anilines is 1. The smallest absolute Gasteiger partial charge is 0.0952 e. The van der Waals surface area contributed by atoms with Crippen molar-refractivity contribution in [3.05, 3.63) is 52.9 Å². The molecule has 0 amide bonds. The predicted octanol–water partition coefficient (Wildman–Crippen LogP) is 4.07. The van der Waals surface area contributed by atoms with Gasteiger partial charge >= 0.3 is 0 Å². The van der Waals surface area contributed by atoms with Crippen LogP contribution in [0.3, 0.4) is 0 Å². The van der Waals surface area contributed by atoms with Crippen LogP contribution >= 0.6 is 11.6 Å². The number of rotatable bonds is 6. The van der Waals surface area contributed by atoms with Crippen LogP contribution in [0, 0.1) is 0 Å². The Balaban J connectivity index is 2.04. The molecule has 0 spiro atoms. The van der Waals surface area contributed by atoms with Gasteiger partial charge < -0.3 is 14.6 Å². The van der Waals surface area contributed by atoms with E-state index >= 15 is 0 Å². The Bertz CT molecular complexity index is 537. The average Bonchev–Trinajstić information content (AvgIpc) is 2.89. The summed E-state index contributed by atoms with van der Waals surface area (Å²) >= 11 is 6.35. The zero-order valence-corrected chi connectivity index (χ0v) is 12.9. The highest BCUT2D eigenvalue weighted by Gasteiger charge is 2.07. The van der Waals surface area contributed by atoms with Gasteiger partial charge in [-0.25, -0.2) is 0 Å². The van der Waals surface area contributed by atoms with Crippen molar-refractivity contribution in [3.8, 4) is 0 Å². The predicted molar refractivity (Wildman–Crippen MR) is 84.2 cm³/mol. The lowest BCUT2D eigenvalue weighted by Gasteiger charge is -2.20. The molecule has 2 aromatic rings. The highest BCUT2D eigenvalue weighted by molar-refractivity contribution is 6.31. The molecule has 0 unspecified atom stereocenters. The van der Waals surface area contributed by atoms with Crippen LogP contribution < -0.4 is 10.2 Å². The summed E-state index contributed by atoms with van der Waals surface area (Å²) in [6, 6.07) is 8.62. The summed E-state index contributed by atoms with van der Waals surface area (Å²) in [6.45, 7) is 5.85. The Hall–Kier alpha value is -1.45. The van der Waals surface area contributed by atoms with E-state index in [0.717, 1.165) is 34.9 Å². The minimum absolute atomic E-state index is 0.453. The summed E-state index contributed by atoms with van der Waals surface area (Å²) in [7, 11) is 2.05. The number of hydrogen-bond donors (Lipinski definition) is 1.